The number of carbonyl (C=O) groups is 1. The van der Waals surface area contributed by atoms with Crippen molar-refractivity contribution in [2.24, 2.45) is 0 Å². The van der Waals surface area contributed by atoms with Crippen molar-refractivity contribution >= 4 is 22.4 Å². The number of amides is 1. The molecule has 1 aliphatic heterocycles. The van der Waals surface area contributed by atoms with Gasteiger partial charge in [0.15, 0.2) is 0 Å². The van der Waals surface area contributed by atoms with Crippen molar-refractivity contribution in [2.45, 2.75) is 45.1 Å². The monoisotopic (exact) mass is 254 g/mol. The Morgan fingerprint density at radius 3 is 3.12 bits per heavy atom. The van der Waals surface area contributed by atoms with Crippen LogP contribution in [-0.4, -0.2) is 28.7 Å². The summed E-state index contributed by atoms with van der Waals surface area (Å²) in [6.07, 6.45) is 5.15. The first-order valence-corrected chi connectivity index (χ1v) is 6.98. The quantitative estimate of drug-likeness (QED) is 0.856. The molecule has 1 aromatic heterocycles. The second kappa shape index (κ2) is 6.07. The standard InChI is InChI=1S/C11H18N4OS/c1-2-5-9-14-15-11(17-9)13-10(16)8-6-3-4-7-12-8/h8,12H,2-7H2,1H3,(H,13,15,16)/t8-/m0/s1. The maximum absolute atomic E-state index is 11.9. The number of anilines is 1. The molecule has 1 fully saturated rings. The fraction of sp³-hybridized carbons (Fsp3) is 0.727. The van der Waals surface area contributed by atoms with E-state index in [4.69, 9.17) is 0 Å². The fourth-order valence-corrected chi connectivity index (χ4v) is 2.73. The Labute approximate surface area is 105 Å². The van der Waals surface area contributed by atoms with Crippen LogP contribution in [0.25, 0.3) is 0 Å². The molecule has 6 heteroatoms. The van der Waals surface area contributed by atoms with Crippen LogP contribution < -0.4 is 10.6 Å². The number of hydrogen-bond donors (Lipinski definition) is 2. The third-order valence-corrected chi connectivity index (χ3v) is 3.69. The highest BCUT2D eigenvalue weighted by Crippen LogP contribution is 2.17. The van der Waals surface area contributed by atoms with Crippen LogP contribution in [-0.2, 0) is 11.2 Å². The zero-order valence-corrected chi connectivity index (χ0v) is 10.8. The van der Waals surface area contributed by atoms with Gasteiger partial charge >= 0.3 is 0 Å². The molecule has 0 unspecified atom stereocenters. The average molecular weight is 254 g/mol. The van der Waals surface area contributed by atoms with Gasteiger partial charge in [-0.25, -0.2) is 0 Å². The van der Waals surface area contributed by atoms with Crippen molar-refractivity contribution in [3.63, 3.8) is 0 Å². The lowest BCUT2D eigenvalue weighted by atomic mass is 10.0. The van der Waals surface area contributed by atoms with E-state index < -0.39 is 0 Å². The zero-order valence-electron chi connectivity index (χ0n) is 10.0. The minimum absolute atomic E-state index is 0.0175. The summed E-state index contributed by atoms with van der Waals surface area (Å²) in [6.45, 7) is 3.03. The van der Waals surface area contributed by atoms with Crippen LogP contribution in [0.2, 0.25) is 0 Å². The van der Waals surface area contributed by atoms with Gasteiger partial charge in [0.25, 0.3) is 0 Å². The van der Waals surface area contributed by atoms with E-state index >= 15 is 0 Å². The van der Waals surface area contributed by atoms with E-state index in [9.17, 15) is 4.79 Å². The fourth-order valence-electron chi connectivity index (χ4n) is 1.89. The predicted octanol–water partition coefficient (Wildman–Crippen LogP) is 1.57. The summed E-state index contributed by atoms with van der Waals surface area (Å²) in [5, 5.41) is 15.7. The van der Waals surface area contributed by atoms with Crippen LogP contribution in [0, 0.1) is 0 Å². The van der Waals surface area contributed by atoms with Gasteiger partial charge < -0.3 is 5.32 Å². The van der Waals surface area contributed by atoms with Crippen LogP contribution in [0.3, 0.4) is 0 Å². The van der Waals surface area contributed by atoms with Crippen molar-refractivity contribution in [1.29, 1.82) is 0 Å². The van der Waals surface area contributed by atoms with Gasteiger partial charge in [0, 0.05) is 6.42 Å². The zero-order chi connectivity index (χ0) is 12.1. The molecule has 1 saturated heterocycles. The molecule has 2 rings (SSSR count). The summed E-state index contributed by atoms with van der Waals surface area (Å²) in [6, 6.07) is -0.0673. The molecule has 0 radical (unpaired) electrons. The van der Waals surface area contributed by atoms with E-state index in [1.165, 1.54) is 11.3 Å². The molecule has 0 saturated carbocycles. The second-order valence-corrected chi connectivity index (χ2v) is 5.30. The van der Waals surface area contributed by atoms with Crippen molar-refractivity contribution in [3.8, 4) is 0 Å². The van der Waals surface area contributed by atoms with Crippen molar-refractivity contribution in [3.05, 3.63) is 5.01 Å². The van der Waals surface area contributed by atoms with Gasteiger partial charge in [-0.1, -0.05) is 24.7 Å². The van der Waals surface area contributed by atoms with E-state index in [0.717, 1.165) is 43.7 Å². The lowest BCUT2D eigenvalue weighted by Gasteiger charge is -2.21. The highest BCUT2D eigenvalue weighted by Gasteiger charge is 2.21. The van der Waals surface area contributed by atoms with Crippen molar-refractivity contribution in [2.75, 3.05) is 11.9 Å². The molecule has 94 valence electrons. The summed E-state index contributed by atoms with van der Waals surface area (Å²) in [5.74, 6) is 0.0175. The minimum atomic E-state index is -0.0673. The molecule has 0 aliphatic carbocycles. The van der Waals surface area contributed by atoms with Gasteiger partial charge in [-0.2, -0.15) is 0 Å². The first kappa shape index (κ1) is 12.4. The summed E-state index contributed by atoms with van der Waals surface area (Å²) in [4.78, 5) is 11.9. The first-order valence-electron chi connectivity index (χ1n) is 6.16. The number of aromatic nitrogens is 2. The van der Waals surface area contributed by atoms with Crippen LogP contribution in [0.1, 0.15) is 37.6 Å². The molecule has 1 aliphatic rings. The number of nitrogens with zero attached hydrogens (tertiary/aromatic N) is 2. The van der Waals surface area contributed by atoms with E-state index in [0.29, 0.717) is 5.13 Å². The SMILES string of the molecule is CCCc1nnc(NC(=O)[C@@H]2CCCCN2)s1. The summed E-state index contributed by atoms with van der Waals surface area (Å²) in [7, 11) is 0. The Balaban J connectivity index is 1.88. The number of rotatable bonds is 4. The van der Waals surface area contributed by atoms with Crippen LogP contribution in [0.4, 0.5) is 5.13 Å². The smallest absolute Gasteiger partial charge is 0.243 e. The summed E-state index contributed by atoms with van der Waals surface area (Å²) >= 11 is 1.47. The normalized spacial score (nSPS) is 20.2. The molecule has 1 amide bonds. The van der Waals surface area contributed by atoms with Crippen LogP contribution >= 0.6 is 11.3 Å². The van der Waals surface area contributed by atoms with Gasteiger partial charge in [-0.3, -0.25) is 10.1 Å². The van der Waals surface area contributed by atoms with Gasteiger partial charge in [-0.05, 0) is 25.8 Å². The van der Waals surface area contributed by atoms with E-state index in [1.54, 1.807) is 0 Å². The van der Waals surface area contributed by atoms with E-state index in [-0.39, 0.29) is 11.9 Å². The summed E-state index contributed by atoms with van der Waals surface area (Å²) < 4.78 is 0. The maximum Gasteiger partial charge on any atom is 0.243 e. The van der Waals surface area contributed by atoms with Crippen molar-refractivity contribution < 1.29 is 4.79 Å². The molecular weight excluding hydrogens is 236 g/mol. The topological polar surface area (TPSA) is 66.9 Å². The Bertz CT molecular complexity index is 373. The number of aryl methyl sites for hydroxylation is 1. The van der Waals surface area contributed by atoms with Crippen molar-refractivity contribution in [1.82, 2.24) is 15.5 Å². The molecule has 0 aromatic carbocycles. The number of carbonyl (C=O) groups excluding carboxylic acids is 1. The molecule has 2 N–H and O–H groups in total. The lowest BCUT2D eigenvalue weighted by molar-refractivity contribution is -0.118. The minimum Gasteiger partial charge on any atom is -0.306 e. The molecule has 0 spiro atoms. The Morgan fingerprint density at radius 1 is 1.53 bits per heavy atom. The maximum atomic E-state index is 11.9. The molecular formula is C11H18N4OS. The molecule has 1 aromatic rings. The largest absolute Gasteiger partial charge is 0.306 e. The summed E-state index contributed by atoms with van der Waals surface area (Å²) in [5.41, 5.74) is 0. The van der Waals surface area contributed by atoms with Gasteiger partial charge in [0.2, 0.25) is 11.0 Å². The third kappa shape index (κ3) is 3.47. The molecule has 2 heterocycles. The predicted molar refractivity (Wildman–Crippen MR) is 68.2 cm³/mol. The Hall–Kier alpha value is -1.01. The number of nitrogens with one attached hydrogen (secondary N) is 2. The Kier molecular flexibility index (Phi) is 4.44. The molecule has 0 bridgehead atoms. The molecule has 1 atom stereocenters. The van der Waals surface area contributed by atoms with E-state index in [2.05, 4.69) is 27.8 Å². The third-order valence-electron chi connectivity index (χ3n) is 2.79. The molecule has 5 nitrogen and oxygen atoms in total. The highest BCUT2D eigenvalue weighted by atomic mass is 32.1. The second-order valence-electron chi connectivity index (χ2n) is 4.24. The average Bonchev–Trinajstić information content (AvgIpc) is 2.78. The van der Waals surface area contributed by atoms with Crippen LogP contribution in [0.15, 0.2) is 0 Å². The van der Waals surface area contributed by atoms with Gasteiger partial charge in [-0.15, -0.1) is 10.2 Å². The van der Waals surface area contributed by atoms with Gasteiger partial charge in [0.1, 0.15) is 5.01 Å². The molecule has 17 heavy (non-hydrogen) atoms. The first-order chi connectivity index (χ1) is 8.29. The van der Waals surface area contributed by atoms with E-state index in [1.807, 2.05) is 0 Å². The van der Waals surface area contributed by atoms with Gasteiger partial charge in [0.05, 0.1) is 6.04 Å². The lowest BCUT2D eigenvalue weighted by Crippen LogP contribution is -2.43. The number of piperidine rings is 1. The highest BCUT2D eigenvalue weighted by molar-refractivity contribution is 7.15. The Morgan fingerprint density at radius 2 is 2.41 bits per heavy atom. The number of hydrogen-bond acceptors (Lipinski definition) is 5. The van der Waals surface area contributed by atoms with Crippen LogP contribution in [0.5, 0.6) is 0 Å².